The predicted octanol–water partition coefficient (Wildman–Crippen LogP) is 5.56. The van der Waals surface area contributed by atoms with E-state index in [1.54, 1.807) is 12.7 Å². The summed E-state index contributed by atoms with van der Waals surface area (Å²) in [6, 6.07) is 18.3. The molecule has 0 radical (unpaired) electrons. The highest BCUT2D eigenvalue weighted by molar-refractivity contribution is 6.30. The van der Waals surface area contributed by atoms with Crippen molar-refractivity contribution in [2.75, 3.05) is 0 Å². The Morgan fingerprint density at radius 1 is 0.811 bits per heavy atom. The van der Waals surface area contributed by atoms with Crippen LogP contribution in [-0.4, -0.2) is 29.9 Å². The van der Waals surface area contributed by atoms with Gasteiger partial charge in [-0.2, -0.15) is 0 Å². The van der Waals surface area contributed by atoms with Crippen molar-refractivity contribution in [1.82, 2.24) is 29.9 Å². The van der Waals surface area contributed by atoms with Crippen molar-refractivity contribution in [3.63, 3.8) is 0 Å². The first-order chi connectivity index (χ1) is 18.1. The Bertz CT molecular complexity index is 1690. The number of pyridine rings is 2. The molecule has 37 heavy (non-hydrogen) atoms. The zero-order valence-corrected chi connectivity index (χ0v) is 21.1. The highest BCUT2D eigenvalue weighted by Crippen LogP contribution is 2.39. The van der Waals surface area contributed by atoms with Crippen LogP contribution >= 0.6 is 11.6 Å². The standard InChI is InChI=1S/C28H21ClN6.H4N2/c1-16-5-10-21-20(11-13-31-24(21)17(2)18-6-8-19(29)9-7-18)23(16)25-22(4-3-12-30-25)26-27-28(34-14-32-26)35-15-33-27;1-2/h3-15,17H,1-2H3,(H,32,33,34,35);1-2H2/t17-;/m1./s1. The van der Waals surface area contributed by atoms with Gasteiger partial charge in [-0.1, -0.05) is 42.8 Å². The lowest BCUT2D eigenvalue weighted by Gasteiger charge is -2.18. The van der Waals surface area contributed by atoms with Gasteiger partial charge < -0.3 is 4.98 Å². The summed E-state index contributed by atoms with van der Waals surface area (Å²) in [6.07, 6.45) is 6.88. The lowest BCUT2D eigenvalue weighted by Crippen LogP contribution is -2.02. The molecule has 1 atom stereocenters. The maximum Gasteiger partial charge on any atom is 0.181 e. The molecule has 0 aliphatic carbocycles. The molecule has 2 aromatic carbocycles. The van der Waals surface area contributed by atoms with E-state index in [1.807, 2.05) is 36.7 Å². The summed E-state index contributed by atoms with van der Waals surface area (Å²) >= 11 is 6.12. The third-order valence-electron chi connectivity index (χ3n) is 6.49. The van der Waals surface area contributed by atoms with Crippen molar-refractivity contribution in [3.05, 3.63) is 101 Å². The van der Waals surface area contributed by atoms with E-state index in [2.05, 4.69) is 75.8 Å². The van der Waals surface area contributed by atoms with Crippen LogP contribution in [-0.2, 0) is 0 Å². The van der Waals surface area contributed by atoms with Crippen molar-refractivity contribution in [3.8, 4) is 22.5 Å². The average molecular weight is 509 g/mol. The molecule has 184 valence electrons. The normalized spacial score (nSPS) is 11.8. The second-order valence-electron chi connectivity index (χ2n) is 8.55. The highest BCUT2D eigenvalue weighted by atomic mass is 35.5. The zero-order valence-electron chi connectivity index (χ0n) is 20.4. The summed E-state index contributed by atoms with van der Waals surface area (Å²) in [6.45, 7) is 4.29. The van der Waals surface area contributed by atoms with Gasteiger partial charge >= 0.3 is 0 Å². The number of imidazole rings is 1. The number of aryl methyl sites for hydroxylation is 1. The summed E-state index contributed by atoms with van der Waals surface area (Å²) in [5.41, 5.74) is 8.35. The van der Waals surface area contributed by atoms with E-state index in [-0.39, 0.29) is 5.92 Å². The number of halogens is 1. The van der Waals surface area contributed by atoms with Gasteiger partial charge in [0.2, 0.25) is 0 Å². The SMILES string of the molecule is Cc1ccc2c([C@H](C)c3ccc(Cl)cc3)nccc2c1-c1ncccc1-c1ncnc2nc[nH]c12.NN. The minimum Gasteiger partial charge on any atom is -0.341 e. The molecular formula is C28H25ClN8. The van der Waals surface area contributed by atoms with Crippen molar-refractivity contribution < 1.29 is 0 Å². The summed E-state index contributed by atoms with van der Waals surface area (Å²) in [5.74, 6) is 8.10. The Hall–Kier alpha value is -4.24. The second-order valence-corrected chi connectivity index (χ2v) is 8.98. The second kappa shape index (κ2) is 10.4. The van der Waals surface area contributed by atoms with E-state index in [1.165, 1.54) is 0 Å². The smallest absolute Gasteiger partial charge is 0.181 e. The molecule has 4 heterocycles. The van der Waals surface area contributed by atoms with Gasteiger partial charge in [0.15, 0.2) is 5.65 Å². The molecule has 5 N–H and O–H groups in total. The molecule has 4 aromatic heterocycles. The van der Waals surface area contributed by atoms with Gasteiger partial charge in [-0.05, 0) is 53.8 Å². The van der Waals surface area contributed by atoms with Crippen molar-refractivity contribution >= 4 is 33.5 Å². The third-order valence-corrected chi connectivity index (χ3v) is 6.74. The lowest BCUT2D eigenvalue weighted by molar-refractivity contribution is 0.885. The molecule has 0 bridgehead atoms. The van der Waals surface area contributed by atoms with Crippen molar-refractivity contribution in [2.24, 2.45) is 11.7 Å². The van der Waals surface area contributed by atoms with E-state index in [9.17, 15) is 0 Å². The average Bonchev–Trinajstić information content (AvgIpc) is 3.43. The molecule has 6 aromatic rings. The zero-order chi connectivity index (χ0) is 25.9. The van der Waals surface area contributed by atoms with Crippen LogP contribution in [0.25, 0.3) is 44.5 Å². The Balaban J connectivity index is 0.00000137. The first-order valence-electron chi connectivity index (χ1n) is 11.7. The molecule has 9 heteroatoms. The van der Waals surface area contributed by atoms with E-state index in [0.717, 1.165) is 60.6 Å². The number of rotatable bonds is 4. The lowest BCUT2D eigenvalue weighted by atomic mass is 9.89. The Kier molecular flexibility index (Phi) is 6.87. The van der Waals surface area contributed by atoms with E-state index in [4.69, 9.17) is 21.6 Å². The summed E-state index contributed by atoms with van der Waals surface area (Å²) in [4.78, 5) is 26.0. The minimum absolute atomic E-state index is 0.0983. The van der Waals surface area contributed by atoms with Gasteiger partial charge in [-0.15, -0.1) is 0 Å². The first kappa shape index (κ1) is 24.5. The quantitative estimate of drug-likeness (QED) is 0.209. The minimum atomic E-state index is 0.0983. The third kappa shape index (κ3) is 4.42. The fourth-order valence-corrected chi connectivity index (χ4v) is 4.85. The van der Waals surface area contributed by atoms with Gasteiger partial charge in [-0.25, -0.2) is 15.0 Å². The topological polar surface area (TPSA) is 132 Å². The number of aromatic nitrogens is 6. The molecule has 0 saturated carbocycles. The van der Waals surface area contributed by atoms with Crippen molar-refractivity contribution in [2.45, 2.75) is 19.8 Å². The molecule has 0 unspecified atom stereocenters. The maximum atomic E-state index is 6.12. The van der Waals surface area contributed by atoms with E-state index >= 15 is 0 Å². The molecule has 0 aliphatic heterocycles. The number of benzene rings is 2. The fourth-order valence-electron chi connectivity index (χ4n) is 4.72. The molecule has 6 rings (SSSR count). The van der Waals surface area contributed by atoms with Crippen LogP contribution < -0.4 is 11.7 Å². The Morgan fingerprint density at radius 3 is 2.43 bits per heavy atom. The largest absolute Gasteiger partial charge is 0.341 e. The molecule has 0 spiro atoms. The predicted molar refractivity (Wildman–Crippen MR) is 148 cm³/mol. The number of hydrogen-bond acceptors (Lipinski definition) is 7. The summed E-state index contributed by atoms with van der Waals surface area (Å²) in [5, 5.41) is 2.93. The van der Waals surface area contributed by atoms with Crippen LogP contribution in [0.5, 0.6) is 0 Å². The molecule has 8 nitrogen and oxygen atoms in total. The highest BCUT2D eigenvalue weighted by Gasteiger charge is 2.20. The number of nitrogens with zero attached hydrogens (tertiary/aromatic N) is 5. The van der Waals surface area contributed by atoms with Crippen LogP contribution in [0.1, 0.15) is 29.7 Å². The van der Waals surface area contributed by atoms with E-state index < -0.39 is 0 Å². The molecule has 0 saturated heterocycles. The fraction of sp³-hybridized carbons (Fsp3) is 0.107. The van der Waals surface area contributed by atoms with Gasteiger partial charge in [-0.3, -0.25) is 21.7 Å². The number of nitrogens with one attached hydrogen (secondary N) is 1. The van der Waals surface area contributed by atoms with Gasteiger partial charge in [0, 0.05) is 39.8 Å². The molecule has 0 fully saturated rings. The van der Waals surface area contributed by atoms with Crippen molar-refractivity contribution in [1.29, 1.82) is 0 Å². The molecule has 0 aliphatic rings. The monoisotopic (exact) mass is 508 g/mol. The molecule has 0 amide bonds. The van der Waals surface area contributed by atoms with E-state index in [0.29, 0.717) is 5.65 Å². The Morgan fingerprint density at radius 2 is 1.62 bits per heavy atom. The van der Waals surface area contributed by atoms with Gasteiger partial charge in [0.05, 0.1) is 17.7 Å². The first-order valence-corrected chi connectivity index (χ1v) is 12.1. The van der Waals surface area contributed by atoms with Crippen LogP contribution in [0, 0.1) is 6.92 Å². The number of aromatic amines is 1. The van der Waals surface area contributed by atoms with Crippen LogP contribution in [0.15, 0.2) is 79.6 Å². The number of H-pyrrole nitrogens is 1. The van der Waals surface area contributed by atoms with Gasteiger partial charge in [0.25, 0.3) is 0 Å². The molecular weight excluding hydrogens is 484 g/mol. The maximum absolute atomic E-state index is 6.12. The van der Waals surface area contributed by atoms with Crippen LogP contribution in [0.3, 0.4) is 0 Å². The Labute approximate surface area is 218 Å². The number of hydrogen-bond donors (Lipinski definition) is 3. The number of nitrogens with two attached hydrogens (primary N) is 2. The number of fused-ring (bicyclic) bond motifs is 2. The summed E-state index contributed by atoms with van der Waals surface area (Å²) < 4.78 is 0. The summed E-state index contributed by atoms with van der Waals surface area (Å²) in [7, 11) is 0. The van der Waals surface area contributed by atoms with Crippen LogP contribution in [0.4, 0.5) is 0 Å². The van der Waals surface area contributed by atoms with Gasteiger partial charge in [0.1, 0.15) is 17.5 Å². The number of hydrazine groups is 1. The van der Waals surface area contributed by atoms with Crippen LogP contribution in [0.2, 0.25) is 5.02 Å².